The number of rotatable bonds is 1. The van der Waals surface area contributed by atoms with Crippen molar-refractivity contribution >= 4 is 5.91 Å². The van der Waals surface area contributed by atoms with Crippen molar-refractivity contribution in [2.24, 2.45) is 5.41 Å². The number of hydrogen-bond donors (Lipinski definition) is 0. The number of nitrogens with zero attached hydrogens (tertiary/aromatic N) is 1. The lowest BCUT2D eigenvalue weighted by Crippen LogP contribution is -2.48. The van der Waals surface area contributed by atoms with Crippen molar-refractivity contribution in [1.82, 2.24) is 4.90 Å². The summed E-state index contributed by atoms with van der Waals surface area (Å²) in [4.78, 5) is 13.8. The third-order valence-corrected chi connectivity index (χ3v) is 3.22. The van der Waals surface area contributed by atoms with E-state index in [0.717, 1.165) is 32.4 Å². The van der Waals surface area contributed by atoms with Crippen LogP contribution in [0.3, 0.4) is 0 Å². The molecule has 13 heavy (non-hydrogen) atoms. The number of hydrogen-bond acceptors (Lipinski definition) is 2. The molecule has 2 aliphatic rings. The molecule has 0 aromatic carbocycles. The molecule has 2 rings (SSSR count). The molecule has 0 spiro atoms. The highest BCUT2D eigenvalue weighted by atomic mass is 16.5. The second kappa shape index (κ2) is 3.29. The lowest BCUT2D eigenvalue weighted by atomic mass is 9.69. The lowest BCUT2D eigenvalue weighted by molar-refractivity contribution is -0.155. The van der Waals surface area contributed by atoms with E-state index in [2.05, 4.69) is 6.92 Å². The van der Waals surface area contributed by atoms with Crippen LogP contribution in [0.25, 0.3) is 0 Å². The maximum Gasteiger partial charge on any atom is 0.230 e. The Bertz CT molecular complexity index is 205. The van der Waals surface area contributed by atoms with Crippen LogP contribution >= 0.6 is 0 Å². The van der Waals surface area contributed by atoms with E-state index in [0.29, 0.717) is 12.6 Å². The third-order valence-electron chi connectivity index (χ3n) is 3.22. The van der Waals surface area contributed by atoms with Crippen LogP contribution < -0.4 is 0 Å². The van der Waals surface area contributed by atoms with E-state index >= 15 is 0 Å². The zero-order valence-electron chi connectivity index (χ0n) is 8.21. The monoisotopic (exact) mass is 183 g/mol. The Morgan fingerprint density at radius 3 is 2.62 bits per heavy atom. The molecule has 74 valence electrons. The highest BCUT2D eigenvalue weighted by Crippen LogP contribution is 2.41. The first-order valence-electron chi connectivity index (χ1n) is 5.09. The summed E-state index contributed by atoms with van der Waals surface area (Å²) in [5.41, 5.74) is -0.0549. The SMILES string of the molecule is CC1(C(=O)N2CCCOC2)CCC1. The molecule has 3 nitrogen and oxygen atoms in total. The second-order valence-corrected chi connectivity index (χ2v) is 4.37. The highest BCUT2D eigenvalue weighted by molar-refractivity contribution is 5.83. The van der Waals surface area contributed by atoms with Gasteiger partial charge < -0.3 is 9.64 Å². The molecule has 3 heteroatoms. The van der Waals surface area contributed by atoms with E-state index in [1.54, 1.807) is 0 Å². The fourth-order valence-electron chi connectivity index (χ4n) is 2.06. The minimum atomic E-state index is -0.0549. The van der Waals surface area contributed by atoms with E-state index < -0.39 is 0 Å². The Morgan fingerprint density at radius 1 is 1.38 bits per heavy atom. The normalized spacial score (nSPS) is 26.7. The van der Waals surface area contributed by atoms with Gasteiger partial charge in [-0.15, -0.1) is 0 Å². The van der Waals surface area contributed by atoms with Crippen molar-refractivity contribution in [3.63, 3.8) is 0 Å². The molecule has 1 saturated carbocycles. The summed E-state index contributed by atoms with van der Waals surface area (Å²) in [6, 6.07) is 0. The number of ether oxygens (including phenoxy) is 1. The summed E-state index contributed by atoms with van der Waals surface area (Å²) >= 11 is 0. The van der Waals surface area contributed by atoms with E-state index in [-0.39, 0.29) is 5.41 Å². The smallest absolute Gasteiger partial charge is 0.230 e. The van der Waals surface area contributed by atoms with Gasteiger partial charge in [0, 0.05) is 12.0 Å². The molecule has 0 aromatic rings. The largest absolute Gasteiger partial charge is 0.361 e. The molecule has 0 radical (unpaired) electrons. The molecule has 1 amide bonds. The third kappa shape index (κ3) is 1.57. The van der Waals surface area contributed by atoms with Gasteiger partial charge in [0.25, 0.3) is 0 Å². The van der Waals surface area contributed by atoms with E-state index in [9.17, 15) is 4.79 Å². The van der Waals surface area contributed by atoms with Crippen molar-refractivity contribution in [1.29, 1.82) is 0 Å². The Hall–Kier alpha value is -0.570. The lowest BCUT2D eigenvalue weighted by Gasteiger charge is -2.41. The summed E-state index contributed by atoms with van der Waals surface area (Å²) < 4.78 is 5.27. The summed E-state index contributed by atoms with van der Waals surface area (Å²) in [6.45, 7) is 4.27. The van der Waals surface area contributed by atoms with Crippen LogP contribution in [-0.2, 0) is 9.53 Å². The molecule has 0 atom stereocenters. The van der Waals surface area contributed by atoms with Gasteiger partial charge in [-0.2, -0.15) is 0 Å². The first-order valence-corrected chi connectivity index (χ1v) is 5.09. The van der Waals surface area contributed by atoms with Crippen LogP contribution in [0.15, 0.2) is 0 Å². The molecule has 1 aliphatic carbocycles. The van der Waals surface area contributed by atoms with Crippen molar-refractivity contribution < 1.29 is 9.53 Å². The van der Waals surface area contributed by atoms with E-state index in [4.69, 9.17) is 4.74 Å². The minimum Gasteiger partial charge on any atom is -0.361 e. The summed E-state index contributed by atoms with van der Waals surface area (Å²) in [7, 11) is 0. The number of carbonyl (C=O) groups is 1. The van der Waals surface area contributed by atoms with Crippen LogP contribution in [0.5, 0.6) is 0 Å². The molecule has 1 saturated heterocycles. The van der Waals surface area contributed by atoms with Crippen LogP contribution in [0, 0.1) is 5.41 Å². The number of carbonyl (C=O) groups excluding carboxylic acids is 1. The average molecular weight is 183 g/mol. The van der Waals surface area contributed by atoms with Gasteiger partial charge in [0.05, 0.1) is 6.61 Å². The predicted octanol–water partition coefficient (Wildman–Crippen LogP) is 1.38. The predicted molar refractivity (Wildman–Crippen MR) is 49.1 cm³/mol. The minimum absolute atomic E-state index is 0.0549. The second-order valence-electron chi connectivity index (χ2n) is 4.37. The van der Waals surface area contributed by atoms with Crippen LogP contribution in [0.2, 0.25) is 0 Å². The van der Waals surface area contributed by atoms with Crippen molar-refractivity contribution in [2.45, 2.75) is 32.6 Å². The fraction of sp³-hybridized carbons (Fsp3) is 0.900. The first kappa shape index (κ1) is 9.00. The van der Waals surface area contributed by atoms with Crippen LogP contribution in [0.1, 0.15) is 32.6 Å². The van der Waals surface area contributed by atoms with Gasteiger partial charge in [-0.05, 0) is 19.3 Å². The van der Waals surface area contributed by atoms with Gasteiger partial charge in [-0.3, -0.25) is 4.79 Å². The molecular formula is C10H17NO2. The molecule has 0 unspecified atom stereocenters. The summed E-state index contributed by atoms with van der Waals surface area (Å²) in [6.07, 6.45) is 4.31. The van der Waals surface area contributed by atoms with Gasteiger partial charge in [0.15, 0.2) is 0 Å². The van der Waals surface area contributed by atoms with Crippen LogP contribution in [-0.4, -0.2) is 30.7 Å². The molecule has 0 aromatic heterocycles. The van der Waals surface area contributed by atoms with Gasteiger partial charge >= 0.3 is 0 Å². The molecule has 1 aliphatic heterocycles. The molecule has 0 bridgehead atoms. The first-order chi connectivity index (χ1) is 6.22. The Balaban J connectivity index is 1.95. The van der Waals surface area contributed by atoms with Gasteiger partial charge in [0.2, 0.25) is 5.91 Å². The Morgan fingerprint density at radius 2 is 2.15 bits per heavy atom. The Labute approximate surface area is 79.0 Å². The molecule has 0 N–H and O–H groups in total. The number of amides is 1. The van der Waals surface area contributed by atoms with E-state index in [1.807, 2.05) is 4.90 Å². The standard InChI is InChI=1S/C10H17NO2/c1-10(4-2-5-10)9(12)11-6-3-7-13-8-11/h2-8H2,1H3. The van der Waals surface area contributed by atoms with Crippen LogP contribution in [0.4, 0.5) is 0 Å². The summed E-state index contributed by atoms with van der Waals surface area (Å²) in [5, 5.41) is 0. The van der Waals surface area contributed by atoms with Crippen molar-refractivity contribution in [3.05, 3.63) is 0 Å². The topological polar surface area (TPSA) is 29.5 Å². The maximum absolute atomic E-state index is 11.9. The van der Waals surface area contributed by atoms with Crippen molar-refractivity contribution in [2.75, 3.05) is 19.9 Å². The molecular weight excluding hydrogens is 166 g/mol. The van der Waals surface area contributed by atoms with E-state index in [1.165, 1.54) is 6.42 Å². The van der Waals surface area contributed by atoms with Gasteiger partial charge in [-0.1, -0.05) is 13.3 Å². The quantitative estimate of drug-likeness (QED) is 0.614. The van der Waals surface area contributed by atoms with Crippen molar-refractivity contribution in [3.8, 4) is 0 Å². The Kier molecular flexibility index (Phi) is 2.28. The maximum atomic E-state index is 11.9. The summed E-state index contributed by atoms with van der Waals surface area (Å²) in [5.74, 6) is 0.304. The zero-order chi connectivity index (χ0) is 9.31. The van der Waals surface area contributed by atoms with Gasteiger partial charge in [0.1, 0.15) is 6.73 Å². The highest BCUT2D eigenvalue weighted by Gasteiger charge is 2.42. The average Bonchev–Trinajstić information content (AvgIpc) is 2.14. The molecule has 1 heterocycles. The fourth-order valence-corrected chi connectivity index (χ4v) is 2.06. The van der Waals surface area contributed by atoms with Gasteiger partial charge in [-0.25, -0.2) is 0 Å². The zero-order valence-corrected chi connectivity index (χ0v) is 8.21. The molecule has 2 fully saturated rings.